The Morgan fingerprint density at radius 1 is 1.10 bits per heavy atom. The lowest BCUT2D eigenvalue weighted by atomic mass is 9.82. The fourth-order valence-electron chi connectivity index (χ4n) is 3.22. The second-order valence-corrected chi connectivity index (χ2v) is 7.57. The predicted octanol–water partition coefficient (Wildman–Crippen LogP) is 4.57. The normalized spacial score (nSPS) is 15.1. The molecule has 2 rings (SSSR count). The first kappa shape index (κ1) is 16.0. The van der Waals surface area contributed by atoms with Crippen LogP contribution in [0.1, 0.15) is 46.2 Å². The molecule has 2 atom stereocenters. The highest BCUT2D eigenvalue weighted by molar-refractivity contribution is 5.78. The van der Waals surface area contributed by atoms with E-state index in [0.717, 1.165) is 24.1 Å². The van der Waals surface area contributed by atoms with Crippen LogP contribution >= 0.6 is 0 Å². The Labute approximate surface area is 128 Å². The van der Waals surface area contributed by atoms with Gasteiger partial charge in [-0.1, -0.05) is 52.0 Å². The van der Waals surface area contributed by atoms with Gasteiger partial charge in [-0.05, 0) is 36.3 Å². The Kier molecular flexibility index (Phi) is 5.00. The first-order valence-electron chi connectivity index (χ1n) is 7.94. The number of fused-ring (bicyclic) bond motifs is 1. The second kappa shape index (κ2) is 6.57. The van der Waals surface area contributed by atoms with Crippen molar-refractivity contribution in [3.8, 4) is 0 Å². The molecule has 2 N–H and O–H groups in total. The molecule has 21 heavy (non-hydrogen) atoms. The summed E-state index contributed by atoms with van der Waals surface area (Å²) in [6, 6.07) is 12.7. The average molecular weight is 284 g/mol. The topological polar surface area (TPSA) is 38.9 Å². The van der Waals surface area contributed by atoms with Crippen molar-refractivity contribution in [2.45, 2.75) is 53.0 Å². The van der Waals surface area contributed by atoms with Crippen molar-refractivity contribution in [1.82, 2.24) is 4.98 Å². The van der Waals surface area contributed by atoms with Crippen LogP contribution in [-0.2, 0) is 6.42 Å². The highest BCUT2D eigenvalue weighted by Gasteiger charge is 2.18. The Morgan fingerprint density at radius 2 is 1.81 bits per heavy atom. The Hall–Kier alpha value is -1.41. The third-order valence-corrected chi connectivity index (χ3v) is 3.79. The van der Waals surface area contributed by atoms with Gasteiger partial charge >= 0.3 is 0 Å². The van der Waals surface area contributed by atoms with Gasteiger partial charge in [0.2, 0.25) is 0 Å². The number of benzene rings is 1. The van der Waals surface area contributed by atoms with Crippen LogP contribution < -0.4 is 5.73 Å². The first-order chi connectivity index (χ1) is 9.83. The molecule has 0 spiro atoms. The molecule has 2 nitrogen and oxygen atoms in total. The van der Waals surface area contributed by atoms with Crippen molar-refractivity contribution in [2.24, 2.45) is 17.1 Å². The van der Waals surface area contributed by atoms with E-state index in [-0.39, 0.29) is 6.04 Å². The molecular weight excluding hydrogens is 256 g/mol. The number of hydrogen-bond acceptors (Lipinski definition) is 2. The summed E-state index contributed by atoms with van der Waals surface area (Å²) in [5.41, 5.74) is 8.87. The molecule has 1 aromatic carbocycles. The molecular formula is C19H28N2. The van der Waals surface area contributed by atoms with Gasteiger partial charge in [0.25, 0.3) is 0 Å². The molecule has 0 fully saturated rings. The minimum absolute atomic E-state index is 0.191. The third-order valence-electron chi connectivity index (χ3n) is 3.79. The highest BCUT2D eigenvalue weighted by atomic mass is 14.7. The van der Waals surface area contributed by atoms with Gasteiger partial charge in [-0.3, -0.25) is 4.98 Å². The van der Waals surface area contributed by atoms with E-state index in [9.17, 15) is 0 Å². The van der Waals surface area contributed by atoms with Crippen LogP contribution in [0.5, 0.6) is 0 Å². The van der Waals surface area contributed by atoms with Gasteiger partial charge in [-0.2, -0.15) is 0 Å². The lowest BCUT2D eigenvalue weighted by Gasteiger charge is -2.25. The Balaban J connectivity index is 1.96. The zero-order valence-electron chi connectivity index (χ0n) is 13.8. The van der Waals surface area contributed by atoms with E-state index in [1.807, 2.05) is 12.1 Å². The summed E-state index contributed by atoms with van der Waals surface area (Å²) in [5, 5.41) is 1.19. The quantitative estimate of drug-likeness (QED) is 0.873. The SMILES string of the molecule is CC(CC(N)Cc1ccc2ccccc2n1)CC(C)(C)C. The van der Waals surface area contributed by atoms with Crippen molar-refractivity contribution in [1.29, 1.82) is 0 Å². The number of para-hydroxylation sites is 1. The molecule has 0 aliphatic carbocycles. The van der Waals surface area contributed by atoms with Crippen LogP contribution in [0, 0.1) is 11.3 Å². The maximum atomic E-state index is 6.33. The molecule has 0 radical (unpaired) electrons. The molecule has 2 aromatic rings. The zero-order valence-corrected chi connectivity index (χ0v) is 13.8. The molecule has 1 aromatic heterocycles. The van der Waals surface area contributed by atoms with Crippen LogP contribution in [0.3, 0.4) is 0 Å². The van der Waals surface area contributed by atoms with Gasteiger partial charge < -0.3 is 5.73 Å². The summed E-state index contributed by atoms with van der Waals surface area (Å²) in [6.07, 6.45) is 3.14. The first-order valence-corrected chi connectivity index (χ1v) is 7.94. The van der Waals surface area contributed by atoms with E-state index in [0.29, 0.717) is 11.3 Å². The number of rotatable bonds is 5. The molecule has 0 aliphatic rings. The van der Waals surface area contributed by atoms with Gasteiger partial charge in [-0.15, -0.1) is 0 Å². The van der Waals surface area contributed by atoms with E-state index < -0.39 is 0 Å². The van der Waals surface area contributed by atoms with Gasteiger partial charge in [0, 0.05) is 23.5 Å². The van der Waals surface area contributed by atoms with E-state index >= 15 is 0 Å². The average Bonchev–Trinajstić information content (AvgIpc) is 2.35. The fourth-order valence-corrected chi connectivity index (χ4v) is 3.22. The number of nitrogens with zero attached hydrogens (tertiary/aromatic N) is 1. The molecule has 0 bridgehead atoms. The lowest BCUT2D eigenvalue weighted by molar-refractivity contribution is 0.285. The molecule has 1 heterocycles. The van der Waals surface area contributed by atoms with Gasteiger partial charge in [0.1, 0.15) is 0 Å². The summed E-state index contributed by atoms with van der Waals surface area (Å²) < 4.78 is 0. The largest absolute Gasteiger partial charge is 0.327 e. The third kappa shape index (κ3) is 5.13. The fraction of sp³-hybridized carbons (Fsp3) is 0.526. The number of hydrogen-bond donors (Lipinski definition) is 1. The summed E-state index contributed by atoms with van der Waals surface area (Å²) in [7, 11) is 0. The van der Waals surface area contributed by atoms with E-state index in [1.165, 1.54) is 11.8 Å². The molecule has 0 amide bonds. The smallest absolute Gasteiger partial charge is 0.0705 e. The summed E-state index contributed by atoms with van der Waals surface area (Å²) >= 11 is 0. The van der Waals surface area contributed by atoms with Crippen LogP contribution in [0.2, 0.25) is 0 Å². The van der Waals surface area contributed by atoms with Crippen molar-refractivity contribution in [2.75, 3.05) is 0 Å². The monoisotopic (exact) mass is 284 g/mol. The summed E-state index contributed by atoms with van der Waals surface area (Å²) in [5.74, 6) is 0.653. The number of aromatic nitrogens is 1. The van der Waals surface area contributed by atoms with Gasteiger partial charge in [-0.25, -0.2) is 0 Å². The summed E-state index contributed by atoms with van der Waals surface area (Å²) in [4.78, 5) is 4.72. The van der Waals surface area contributed by atoms with Gasteiger partial charge in [0.15, 0.2) is 0 Å². The molecule has 0 aliphatic heterocycles. The van der Waals surface area contributed by atoms with Crippen molar-refractivity contribution in [3.63, 3.8) is 0 Å². The van der Waals surface area contributed by atoms with E-state index in [1.54, 1.807) is 0 Å². The lowest BCUT2D eigenvalue weighted by Crippen LogP contribution is -2.27. The van der Waals surface area contributed by atoms with Crippen LogP contribution in [0.25, 0.3) is 10.9 Å². The second-order valence-electron chi connectivity index (χ2n) is 7.57. The standard InChI is InChI=1S/C19H28N2/c1-14(13-19(2,3)4)11-16(20)12-17-10-9-15-7-5-6-8-18(15)21-17/h5-10,14,16H,11-13,20H2,1-4H3. The van der Waals surface area contributed by atoms with Crippen molar-refractivity contribution >= 4 is 10.9 Å². The minimum Gasteiger partial charge on any atom is -0.327 e. The maximum Gasteiger partial charge on any atom is 0.0705 e. The Bertz CT molecular complexity index is 583. The van der Waals surface area contributed by atoms with Gasteiger partial charge in [0.05, 0.1) is 5.52 Å². The van der Waals surface area contributed by atoms with Crippen molar-refractivity contribution in [3.05, 3.63) is 42.1 Å². The minimum atomic E-state index is 0.191. The molecule has 2 heteroatoms. The van der Waals surface area contributed by atoms with Crippen LogP contribution in [-0.4, -0.2) is 11.0 Å². The highest BCUT2D eigenvalue weighted by Crippen LogP contribution is 2.26. The van der Waals surface area contributed by atoms with Crippen LogP contribution in [0.15, 0.2) is 36.4 Å². The molecule has 0 saturated heterocycles. The van der Waals surface area contributed by atoms with E-state index in [2.05, 4.69) is 52.0 Å². The number of pyridine rings is 1. The molecule has 114 valence electrons. The summed E-state index contributed by atoms with van der Waals surface area (Å²) in [6.45, 7) is 9.18. The zero-order chi connectivity index (χ0) is 15.5. The molecule has 2 unspecified atom stereocenters. The number of nitrogens with two attached hydrogens (primary N) is 1. The molecule has 0 saturated carbocycles. The predicted molar refractivity (Wildman–Crippen MR) is 91.3 cm³/mol. The van der Waals surface area contributed by atoms with Crippen LogP contribution in [0.4, 0.5) is 0 Å². The Morgan fingerprint density at radius 3 is 2.52 bits per heavy atom. The van der Waals surface area contributed by atoms with E-state index in [4.69, 9.17) is 10.7 Å². The maximum absolute atomic E-state index is 6.33. The van der Waals surface area contributed by atoms with Crippen molar-refractivity contribution < 1.29 is 0 Å².